The molecule has 5 nitrogen and oxygen atoms in total. The molecule has 0 radical (unpaired) electrons. The third-order valence-corrected chi connectivity index (χ3v) is 5.45. The molecule has 4 rings (SSSR count). The van der Waals surface area contributed by atoms with Crippen molar-refractivity contribution in [3.63, 3.8) is 0 Å². The topological polar surface area (TPSA) is 53.4 Å². The van der Waals surface area contributed by atoms with Crippen molar-refractivity contribution < 1.29 is 18.7 Å². The van der Waals surface area contributed by atoms with Gasteiger partial charge < -0.3 is 9.47 Å². The Bertz CT molecular complexity index is 1140. The number of fused-ring (bicyclic) bond motifs is 1. The van der Waals surface area contributed by atoms with E-state index in [0.29, 0.717) is 19.4 Å². The van der Waals surface area contributed by atoms with E-state index in [-0.39, 0.29) is 11.8 Å². The van der Waals surface area contributed by atoms with Gasteiger partial charge in [0.25, 0.3) is 0 Å². The number of rotatable bonds is 8. The fourth-order valence-corrected chi connectivity index (χ4v) is 3.88. The van der Waals surface area contributed by atoms with Crippen molar-refractivity contribution in [3.8, 4) is 22.8 Å². The number of carbonyl (C=O) groups excluding carboxylic acids is 1. The summed E-state index contributed by atoms with van der Waals surface area (Å²) in [6.07, 6.45) is 1.86. The first kappa shape index (κ1) is 20.1. The van der Waals surface area contributed by atoms with Gasteiger partial charge in [0.15, 0.2) is 0 Å². The smallest absolute Gasteiger partial charge is 0.305 e. The Morgan fingerprint density at radius 2 is 1.97 bits per heavy atom. The number of benzene rings is 2. The van der Waals surface area contributed by atoms with Gasteiger partial charge in [-0.2, -0.15) is 11.3 Å². The number of esters is 1. The molecular formula is C23H21FN2O3S. The number of halogens is 1. The Kier molecular flexibility index (Phi) is 6.09. The number of methoxy groups -OCH3 is 1. The molecule has 0 unspecified atom stereocenters. The Balaban J connectivity index is 1.63. The van der Waals surface area contributed by atoms with Crippen molar-refractivity contribution in [3.05, 3.63) is 65.1 Å². The van der Waals surface area contributed by atoms with E-state index in [2.05, 4.69) is 4.74 Å². The number of hydrogen-bond acceptors (Lipinski definition) is 5. The minimum Gasteiger partial charge on any atom is -0.494 e. The van der Waals surface area contributed by atoms with Gasteiger partial charge >= 0.3 is 5.97 Å². The van der Waals surface area contributed by atoms with Gasteiger partial charge in [-0.3, -0.25) is 9.36 Å². The van der Waals surface area contributed by atoms with Crippen molar-refractivity contribution in [2.45, 2.75) is 19.3 Å². The highest BCUT2D eigenvalue weighted by Crippen LogP contribution is 2.32. The molecule has 0 N–H and O–H groups in total. The second-order valence-corrected chi connectivity index (χ2v) is 7.57. The highest BCUT2D eigenvalue weighted by atomic mass is 32.1. The molecule has 0 bridgehead atoms. The molecule has 0 saturated heterocycles. The summed E-state index contributed by atoms with van der Waals surface area (Å²) in [5.41, 5.74) is 3.55. The van der Waals surface area contributed by atoms with Crippen molar-refractivity contribution >= 4 is 28.3 Å². The predicted octanol–water partition coefficient (Wildman–Crippen LogP) is 5.62. The summed E-state index contributed by atoms with van der Waals surface area (Å²) in [5.74, 6) is 1.03. The Morgan fingerprint density at radius 1 is 1.13 bits per heavy atom. The van der Waals surface area contributed by atoms with Crippen molar-refractivity contribution in [1.29, 1.82) is 0 Å². The zero-order valence-corrected chi connectivity index (χ0v) is 17.3. The summed E-state index contributed by atoms with van der Waals surface area (Å²) < 4.78 is 26.0. The second kappa shape index (κ2) is 9.09. The minimum atomic E-state index is -0.281. The quantitative estimate of drug-likeness (QED) is 0.272. The van der Waals surface area contributed by atoms with E-state index in [1.54, 1.807) is 23.5 Å². The molecule has 0 atom stereocenters. The zero-order chi connectivity index (χ0) is 20.9. The monoisotopic (exact) mass is 424 g/mol. The van der Waals surface area contributed by atoms with E-state index < -0.39 is 0 Å². The van der Waals surface area contributed by atoms with Gasteiger partial charge in [0.2, 0.25) is 0 Å². The van der Waals surface area contributed by atoms with E-state index in [0.717, 1.165) is 40.3 Å². The number of aromatic nitrogens is 2. The number of nitrogens with zero attached hydrogens (tertiary/aromatic N) is 2. The molecule has 0 fully saturated rings. The van der Waals surface area contributed by atoms with Gasteiger partial charge in [-0.15, -0.1) is 0 Å². The number of ether oxygens (including phenoxy) is 2. The van der Waals surface area contributed by atoms with Crippen LogP contribution in [0.5, 0.6) is 5.75 Å². The van der Waals surface area contributed by atoms with Crippen molar-refractivity contribution in [2.75, 3.05) is 13.7 Å². The number of thiophene rings is 1. The summed E-state index contributed by atoms with van der Waals surface area (Å²) >= 11 is 1.60. The molecule has 0 amide bonds. The number of carbonyl (C=O) groups is 1. The molecule has 30 heavy (non-hydrogen) atoms. The summed E-state index contributed by atoms with van der Waals surface area (Å²) in [5, 5.41) is 4.05. The molecule has 0 spiro atoms. The van der Waals surface area contributed by atoms with Gasteiger partial charge in [-0.1, -0.05) is 0 Å². The third kappa shape index (κ3) is 4.36. The highest BCUT2D eigenvalue weighted by molar-refractivity contribution is 7.08. The highest BCUT2D eigenvalue weighted by Gasteiger charge is 2.15. The van der Waals surface area contributed by atoms with Crippen LogP contribution < -0.4 is 4.74 Å². The number of unbranched alkanes of at least 4 members (excludes halogenated alkanes) is 1. The molecule has 2 aromatic carbocycles. The van der Waals surface area contributed by atoms with E-state index in [9.17, 15) is 9.18 Å². The van der Waals surface area contributed by atoms with Crippen LogP contribution in [0, 0.1) is 5.82 Å². The van der Waals surface area contributed by atoms with Crippen LogP contribution in [0.3, 0.4) is 0 Å². The predicted molar refractivity (Wildman–Crippen MR) is 116 cm³/mol. The first-order valence-corrected chi connectivity index (χ1v) is 10.6. The lowest BCUT2D eigenvalue weighted by Crippen LogP contribution is -2.02. The summed E-state index contributed by atoms with van der Waals surface area (Å²) in [6, 6.07) is 14.2. The second-order valence-electron chi connectivity index (χ2n) is 6.79. The molecular weight excluding hydrogens is 403 g/mol. The van der Waals surface area contributed by atoms with Gasteiger partial charge in [0.05, 0.1) is 24.8 Å². The molecule has 0 aliphatic rings. The van der Waals surface area contributed by atoms with Crippen LogP contribution in [0.4, 0.5) is 4.39 Å². The van der Waals surface area contributed by atoms with Crippen LogP contribution in [0.15, 0.2) is 59.3 Å². The van der Waals surface area contributed by atoms with E-state index in [1.165, 1.54) is 19.2 Å². The average Bonchev–Trinajstić information content (AvgIpc) is 3.41. The minimum absolute atomic E-state index is 0.208. The lowest BCUT2D eigenvalue weighted by molar-refractivity contribution is -0.140. The lowest BCUT2D eigenvalue weighted by Gasteiger charge is -2.10. The first-order chi connectivity index (χ1) is 14.7. The molecule has 4 aromatic rings. The molecule has 154 valence electrons. The van der Waals surface area contributed by atoms with Crippen LogP contribution >= 0.6 is 11.3 Å². The maximum atomic E-state index is 13.5. The summed E-state index contributed by atoms with van der Waals surface area (Å²) in [7, 11) is 1.39. The summed E-state index contributed by atoms with van der Waals surface area (Å²) in [6.45, 7) is 0.505. The largest absolute Gasteiger partial charge is 0.494 e. The van der Waals surface area contributed by atoms with Gasteiger partial charge in [-0.25, -0.2) is 9.37 Å². The van der Waals surface area contributed by atoms with Gasteiger partial charge in [0, 0.05) is 29.1 Å². The normalized spacial score (nSPS) is 11.0. The molecule has 0 aliphatic heterocycles. The number of imidazole rings is 1. The third-order valence-electron chi connectivity index (χ3n) is 4.76. The fraction of sp³-hybridized carbons (Fsp3) is 0.217. The van der Waals surface area contributed by atoms with Gasteiger partial charge in [0.1, 0.15) is 17.4 Å². The molecule has 0 aliphatic carbocycles. The Morgan fingerprint density at radius 3 is 2.70 bits per heavy atom. The standard InChI is InChI=1S/C23H21FN2O3S/c1-28-22(27)4-2-3-12-29-19-9-10-20-21(14-19)26(18-7-5-17(24)6-8-18)23(25-20)16-11-13-30-15-16/h5-11,13-15H,2-4,12H2,1H3. The molecule has 2 aromatic heterocycles. The molecule has 0 saturated carbocycles. The first-order valence-electron chi connectivity index (χ1n) is 9.66. The van der Waals surface area contributed by atoms with E-state index in [4.69, 9.17) is 9.72 Å². The van der Waals surface area contributed by atoms with E-state index in [1.807, 2.05) is 39.6 Å². The molecule has 7 heteroatoms. The fourth-order valence-electron chi connectivity index (χ4n) is 3.25. The van der Waals surface area contributed by atoms with Crippen LogP contribution in [0.2, 0.25) is 0 Å². The Labute approximate surface area is 177 Å². The van der Waals surface area contributed by atoms with Crippen molar-refractivity contribution in [1.82, 2.24) is 9.55 Å². The number of hydrogen-bond donors (Lipinski definition) is 0. The van der Waals surface area contributed by atoms with Crippen LogP contribution in [-0.4, -0.2) is 29.2 Å². The van der Waals surface area contributed by atoms with Crippen LogP contribution in [0.25, 0.3) is 28.1 Å². The van der Waals surface area contributed by atoms with Crippen molar-refractivity contribution in [2.24, 2.45) is 0 Å². The van der Waals surface area contributed by atoms with E-state index >= 15 is 0 Å². The SMILES string of the molecule is COC(=O)CCCCOc1ccc2nc(-c3ccsc3)n(-c3ccc(F)cc3)c2c1. The van der Waals surface area contributed by atoms with Crippen LogP contribution in [0.1, 0.15) is 19.3 Å². The average molecular weight is 424 g/mol. The maximum Gasteiger partial charge on any atom is 0.305 e. The lowest BCUT2D eigenvalue weighted by atomic mass is 10.2. The molecule has 2 heterocycles. The zero-order valence-electron chi connectivity index (χ0n) is 16.5. The maximum absolute atomic E-state index is 13.5. The Hall–Kier alpha value is -3.19. The van der Waals surface area contributed by atoms with Gasteiger partial charge in [-0.05, 0) is 60.7 Å². The summed E-state index contributed by atoms with van der Waals surface area (Å²) in [4.78, 5) is 16.0. The van der Waals surface area contributed by atoms with Crippen LogP contribution in [-0.2, 0) is 9.53 Å².